The van der Waals surface area contributed by atoms with Crippen molar-refractivity contribution < 1.29 is 0 Å². The Labute approximate surface area is 80.5 Å². The number of hydrogen-bond acceptors (Lipinski definition) is 1. The minimum Gasteiger partial charge on any atom is -0.264 e. The summed E-state index contributed by atoms with van der Waals surface area (Å²) in [7, 11) is 0. The van der Waals surface area contributed by atoms with Crippen molar-refractivity contribution in [3.8, 4) is 0 Å². The van der Waals surface area contributed by atoms with E-state index in [0.717, 1.165) is 6.42 Å². The van der Waals surface area contributed by atoms with Crippen LogP contribution in [0.4, 0.5) is 0 Å². The average molecular weight is 175 g/mol. The normalized spacial score (nSPS) is 14.2. The van der Waals surface area contributed by atoms with Gasteiger partial charge in [0.2, 0.25) is 0 Å². The minimum atomic E-state index is 0.620. The monoisotopic (exact) mass is 175 g/mol. The van der Waals surface area contributed by atoms with Gasteiger partial charge in [0.05, 0.1) is 0 Å². The van der Waals surface area contributed by atoms with Crippen LogP contribution in [0.2, 0.25) is 0 Å². The largest absolute Gasteiger partial charge is 0.264 e. The molecular formula is C12H17N. The molecule has 0 bridgehead atoms. The Bertz CT molecular complexity index is 274. The number of hydrogen-bond donors (Lipinski definition) is 0. The van der Waals surface area contributed by atoms with Crippen LogP contribution in [0.3, 0.4) is 0 Å². The zero-order chi connectivity index (χ0) is 9.68. The van der Waals surface area contributed by atoms with Crippen LogP contribution in [0, 0.1) is 5.92 Å². The van der Waals surface area contributed by atoms with Gasteiger partial charge in [0.15, 0.2) is 0 Å². The lowest BCUT2D eigenvalue weighted by atomic mass is 9.95. The zero-order valence-corrected chi connectivity index (χ0v) is 8.62. The molecule has 1 rings (SSSR count). The van der Waals surface area contributed by atoms with Gasteiger partial charge in [-0.05, 0) is 37.8 Å². The summed E-state index contributed by atoms with van der Waals surface area (Å²) in [5.74, 6) is 0.620. The van der Waals surface area contributed by atoms with Gasteiger partial charge in [-0.2, -0.15) is 0 Å². The highest BCUT2D eigenvalue weighted by Crippen LogP contribution is 2.15. The summed E-state index contributed by atoms with van der Waals surface area (Å²) >= 11 is 0. The molecule has 1 heteroatoms. The third kappa shape index (κ3) is 3.02. The Kier molecular flexibility index (Phi) is 3.69. The van der Waals surface area contributed by atoms with Crippen LogP contribution >= 0.6 is 0 Å². The first-order valence-corrected chi connectivity index (χ1v) is 4.75. The Hall–Kier alpha value is -1.11. The average Bonchev–Trinajstić information content (AvgIpc) is 2.18. The predicted octanol–water partition coefficient (Wildman–Crippen LogP) is 3.23. The topological polar surface area (TPSA) is 12.9 Å². The fourth-order valence-corrected chi connectivity index (χ4v) is 1.32. The molecule has 0 N–H and O–H groups in total. The van der Waals surface area contributed by atoms with Crippen LogP contribution in [-0.4, -0.2) is 4.98 Å². The molecule has 1 aromatic heterocycles. The van der Waals surface area contributed by atoms with Crippen LogP contribution in [0.5, 0.6) is 0 Å². The van der Waals surface area contributed by atoms with Gasteiger partial charge in [0, 0.05) is 12.4 Å². The minimum absolute atomic E-state index is 0.620. The van der Waals surface area contributed by atoms with E-state index < -0.39 is 0 Å². The van der Waals surface area contributed by atoms with Crippen molar-refractivity contribution in [3.05, 3.63) is 41.7 Å². The fraction of sp³-hybridized carbons (Fsp3) is 0.417. The van der Waals surface area contributed by atoms with Crippen LogP contribution in [-0.2, 0) is 6.42 Å². The summed E-state index contributed by atoms with van der Waals surface area (Å²) in [4.78, 5) is 4.10. The first-order chi connectivity index (χ1) is 6.24. The molecule has 0 aliphatic carbocycles. The molecule has 0 radical (unpaired) electrons. The van der Waals surface area contributed by atoms with Gasteiger partial charge in [-0.3, -0.25) is 4.98 Å². The van der Waals surface area contributed by atoms with Crippen molar-refractivity contribution in [2.75, 3.05) is 0 Å². The molecule has 0 spiro atoms. The van der Waals surface area contributed by atoms with E-state index in [1.807, 2.05) is 18.5 Å². The van der Waals surface area contributed by atoms with Gasteiger partial charge in [-0.15, -0.1) is 0 Å². The number of aromatic nitrogens is 1. The molecule has 1 nitrogen and oxygen atoms in total. The number of rotatable bonds is 3. The van der Waals surface area contributed by atoms with Crippen LogP contribution in [0.1, 0.15) is 26.3 Å². The summed E-state index contributed by atoms with van der Waals surface area (Å²) in [5.41, 5.74) is 2.76. The third-order valence-electron chi connectivity index (χ3n) is 2.50. The van der Waals surface area contributed by atoms with E-state index in [2.05, 4.69) is 37.9 Å². The van der Waals surface area contributed by atoms with Gasteiger partial charge in [-0.25, -0.2) is 0 Å². The second kappa shape index (κ2) is 4.80. The second-order valence-electron chi connectivity index (χ2n) is 3.50. The number of nitrogens with zero attached hydrogens (tertiary/aromatic N) is 1. The summed E-state index contributed by atoms with van der Waals surface area (Å²) in [5, 5.41) is 0. The molecule has 70 valence electrons. The maximum Gasteiger partial charge on any atom is 0.0300 e. The van der Waals surface area contributed by atoms with E-state index in [0.29, 0.717) is 5.92 Å². The molecule has 1 heterocycles. The Morgan fingerprint density at radius 3 is 2.92 bits per heavy atom. The molecule has 0 fully saturated rings. The SMILES string of the molecule is C/C=C(\C)C(C)Cc1cccnc1. The maximum atomic E-state index is 4.10. The lowest BCUT2D eigenvalue weighted by molar-refractivity contribution is 0.674. The fourth-order valence-electron chi connectivity index (χ4n) is 1.32. The molecule has 0 saturated heterocycles. The van der Waals surface area contributed by atoms with Gasteiger partial charge in [0.1, 0.15) is 0 Å². The van der Waals surface area contributed by atoms with Crippen molar-refractivity contribution in [2.45, 2.75) is 27.2 Å². The summed E-state index contributed by atoms with van der Waals surface area (Å²) in [6.07, 6.45) is 7.03. The predicted molar refractivity (Wildman–Crippen MR) is 56.5 cm³/mol. The maximum absolute atomic E-state index is 4.10. The molecule has 13 heavy (non-hydrogen) atoms. The highest BCUT2D eigenvalue weighted by molar-refractivity contribution is 5.13. The van der Waals surface area contributed by atoms with E-state index in [9.17, 15) is 0 Å². The third-order valence-corrected chi connectivity index (χ3v) is 2.50. The molecule has 1 unspecified atom stereocenters. The Balaban J connectivity index is 2.60. The van der Waals surface area contributed by atoms with Crippen LogP contribution in [0.15, 0.2) is 36.2 Å². The van der Waals surface area contributed by atoms with Crippen molar-refractivity contribution >= 4 is 0 Å². The number of allylic oxidation sites excluding steroid dienone is 2. The van der Waals surface area contributed by atoms with Crippen molar-refractivity contribution in [1.82, 2.24) is 4.98 Å². The molecule has 0 aliphatic heterocycles. The molecule has 0 aromatic carbocycles. The Morgan fingerprint density at radius 2 is 2.38 bits per heavy atom. The quantitative estimate of drug-likeness (QED) is 0.643. The molecule has 0 saturated carbocycles. The summed E-state index contributed by atoms with van der Waals surface area (Å²) in [6.45, 7) is 6.53. The molecule has 0 amide bonds. The lowest BCUT2D eigenvalue weighted by Gasteiger charge is -2.11. The number of pyridine rings is 1. The van der Waals surface area contributed by atoms with E-state index in [4.69, 9.17) is 0 Å². The van der Waals surface area contributed by atoms with E-state index in [1.54, 1.807) is 0 Å². The summed E-state index contributed by atoms with van der Waals surface area (Å²) in [6, 6.07) is 4.12. The van der Waals surface area contributed by atoms with Crippen molar-refractivity contribution in [2.24, 2.45) is 5.92 Å². The molecular weight excluding hydrogens is 158 g/mol. The molecule has 1 atom stereocenters. The standard InChI is InChI=1S/C12H17N/c1-4-10(2)11(3)8-12-6-5-7-13-9-12/h4-7,9,11H,8H2,1-3H3/b10-4+. The highest BCUT2D eigenvalue weighted by atomic mass is 14.6. The van der Waals surface area contributed by atoms with Crippen molar-refractivity contribution in [1.29, 1.82) is 0 Å². The van der Waals surface area contributed by atoms with Gasteiger partial charge >= 0.3 is 0 Å². The Morgan fingerprint density at radius 1 is 1.62 bits per heavy atom. The van der Waals surface area contributed by atoms with E-state index in [1.165, 1.54) is 11.1 Å². The van der Waals surface area contributed by atoms with Gasteiger partial charge < -0.3 is 0 Å². The zero-order valence-electron chi connectivity index (χ0n) is 8.62. The van der Waals surface area contributed by atoms with E-state index >= 15 is 0 Å². The first kappa shape index (κ1) is 9.97. The van der Waals surface area contributed by atoms with Crippen LogP contribution < -0.4 is 0 Å². The smallest absolute Gasteiger partial charge is 0.0300 e. The van der Waals surface area contributed by atoms with E-state index in [-0.39, 0.29) is 0 Å². The second-order valence-corrected chi connectivity index (χ2v) is 3.50. The highest BCUT2D eigenvalue weighted by Gasteiger charge is 2.04. The molecule has 0 aliphatic rings. The first-order valence-electron chi connectivity index (χ1n) is 4.75. The van der Waals surface area contributed by atoms with Crippen LogP contribution in [0.25, 0.3) is 0 Å². The molecule has 1 aromatic rings. The summed E-state index contributed by atoms with van der Waals surface area (Å²) < 4.78 is 0. The lowest BCUT2D eigenvalue weighted by Crippen LogP contribution is -2.01. The van der Waals surface area contributed by atoms with Gasteiger partial charge in [-0.1, -0.05) is 24.6 Å². The van der Waals surface area contributed by atoms with Gasteiger partial charge in [0.25, 0.3) is 0 Å². The van der Waals surface area contributed by atoms with Crippen molar-refractivity contribution in [3.63, 3.8) is 0 Å².